The second-order valence-corrected chi connectivity index (χ2v) is 22.7. The van der Waals surface area contributed by atoms with Crippen molar-refractivity contribution in [3.05, 3.63) is 266 Å². The standard InChI is InChI=1S/2C18H15OP.C13H13P.C8H7.Re/c2*19-17-13-7-8-14-18(17)20(15-9-3-1-4-10-15)16-11-5-2-6-12-16;1-14(12-8-4-2-5-9-12)13-10-6-3-7-11-13;1-2-8-6-4-3-5-7-8;/h2*1-14,19H;2-11H,1H3;3-7H,2H2;/p+3. The molecule has 63 heavy (non-hydrogen) atoms. The monoisotopic (exact) mass is 1050 g/mol. The molecular formula is C57H53O2P3Re+3. The molecule has 312 valence electrons. The van der Waals surface area contributed by atoms with Crippen molar-refractivity contribution in [1.82, 2.24) is 0 Å². The van der Waals surface area contributed by atoms with Crippen molar-refractivity contribution in [1.29, 1.82) is 0 Å². The molecule has 0 aliphatic carbocycles. The molecular weight excluding hydrogens is 996 g/mol. The summed E-state index contributed by atoms with van der Waals surface area (Å²) in [6.07, 6.45) is 0.984. The van der Waals surface area contributed by atoms with Gasteiger partial charge in [0.05, 0.1) is 25.2 Å². The van der Waals surface area contributed by atoms with E-state index in [1.807, 2.05) is 66.7 Å². The van der Waals surface area contributed by atoms with E-state index in [0.29, 0.717) is 11.5 Å². The van der Waals surface area contributed by atoms with Crippen LogP contribution in [0.5, 0.6) is 11.5 Å². The molecule has 0 unspecified atom stereocenters. The minimum absolute atomic E-state index is 0.383. The average Bonchev–Trinajstić information content (AvgIpc) is 3.36. The summed E-state index contributed by atoms with van der Waals surface area (Å²) in [7, 11) is -2.86. The van der Waals surface area contributed by atoms with Gasteiger partial charge in [-0.1, -0.05) is 133 Å². The van der Waals surface area contributed by atoms with Crippen LogP contribution in [-0.4, -0.2) is 16.9 Å². The van der Waals surface area contributed by atoms with E-state index in [9.17, 15) is 10.2 Å². The Hall–Kier alpha value is -5.69. The summed E-state index contributed by atoms with van der Waals surface area (Å²) in [5.74, 6) is 0.767. The van der Waals surface area contributed by atoms with Gasteiger partial charge in [-0.3, -0.25) is 0 Å². The Morgan fingerprint density at radius 3 is 0.841 bits per heavy atom. The van der Waals surface area contributed by atoms with Crippen LogP contribution in [0.1, 0.15) is 5.56 Å². The van der Waals surface area contributed by atoms with Crippen LogP contribution in [0.2, 0.25) is 0 Å². The molecule has 9 aromatic carbocycles. The number of aromatic hydroxyl groups is 2. The van der Waals surface area contributed by atoms with E-state index < -0.39 is 23.8 Å². The van der Waals surface area contributed by atoms with Crippen LogP contribution in [0.3, 0.4) is 0 Å². The first-order valence-electron chi connectivity index (χ1n) is 20.9. The van der Waals surface area contributed by atoms with Gasteiger partial charge in [0.1, 0.15) is 47.7 Å². The summed E-state index contributed by atoms with van der Waals surface area (Å²) in [6, 6.07) is 89.0. The van der Waals surface area contributed by atoms with Crippen molar-refractivity contribution >= 4 is 66.2 Å². The average molecular weight is 1050 g/mol. The van der Waals surface area contributed by atoms with Gasteiger partial charge in [0, 0.05) is 0 Å². The third-order valence-electron chi connectivity index (χ3n) is 10.1. The van der Waals surface area contributed by atoms with Gasteiger partial charge < -0.3 is 10.2 Å². The fraction of sp³-hybridized carbons (Fsp3) is 0.0351. The van der Waals surface area contributed by atoms with E-state index >= 15 is 0 Å². The maximum atomic E-state index is 10.2. The van der Waals surface area contributed by atoms with Gasteiger partial charge in [0.25, 0.3) is 0 Å². The number of hydrogen-bond donors (Lipinski definition) is 2. The van der Waals surface area contributed by atoms with Gasteiger partial charge in [-0.2, -0.15) is 0 Å². The molecule has 9 aromatic rings. The summed E-state index contributed by atoms with van der Waals surface area (Å²) >= 11 is 1.60. The van der Waals surface area contributed by atoms with Gasteiger partial charge in [0.15, 0.2) is 11.5 Å². The molecule has 0 saturated carbocycles. The fourth-order valence-corrected chi connectivity index (χ4v) is 14.5. The van der Waals surface area contributed by atoms with Crippen molar-refractivity contribution in [2.45, 2.75) is 6.42 Å². The van der Waals surface area contributed by atoms with Gasteiger partial charge in [-0.05, 0) is 97.1 Å². The number of phenolic OH excluding ortho intramolecular Hbond substituents is 2. The summed E-state index contributed by atoms with van der Waals surface area (Å²) in [4.78, 5) is 0. The van der Waals surface area contributed by atoms with Crippen LogP contribution in [0.4, 0.5) is 0 Å². The molecule has 0 aromatic heterocycles. The predicted molar refractivity (Wildman–Crippen MR) is 277 cm³/mol. The molecule has 0 aliphatic heterocycles. The summed E-state index contributed by atoms with van der Waals surface area (Å²) in [6.45, 7) is 2.34. The molecule has 2 nitrogen and oxygen atoms in total. The van der Waals surface area contributed by atoms with Crippen LogP contribution in [0.15, 0.2) is 261 Å². The molecule has 0 fully saturated rings. The van der Waals surface area contributed by atoms with Crippen molar-refractivity contribution in [2.75, 3.05) is 6.66 Å². The van der Waals surface area contributed by atoms with Gasteiger partial charge in [-0.15, -0.1) is 0 Å². The first-order chi connectivity index (χ1) is 31.0. The second kappa shape index (κ2) is 26.1. The zero-order valence-corrected chi connectivity index (χ0v) is 41.0. The Kier molecular flexibility index (Phi) is 19.4. The Morgan fingerprint density at radius 1 is 0.333 bits per heavy atom. The SMILES string of the molecule is C[PH+](c1ccccc1)c1ccccc1.Oc1ccccc1[PH+](c1ccccc1)c1ccccc1.Oc1ccccc1[PH+](c1ccccc1)c1ccccc1.[Re]#[C]Cc1ccccc1. The molecule has 0 amide bonds. The number of rotatable bonds is 9. The summed E-state index contributed by atoms with van der Waals surface area (Å²) in [5.41, 5.74) is 1.35. The number of hydrogen-bond acceptors (Lipinski definition) is 2. The molecule has 0 aliphatic rings. The molecule has 9 rings (SSSR count). The van der Waals surface area contributed by atoms with E-state index in [1.165, 1.54) is 37.4 Å². The minimum atomic E-state index is -1.16. The van der Waals surface area contributed by atoms with Gasteiger partial charge in [0.2, 0.25) is 0 Å². The molecule has 0 bridgehead atoms. The molecule has 0 heterocycles. The van der Waals surface area contributed by atoms with E-state index in [1.54, 1.807) is 30.7 Å². The molecule has 0 saturated heterocycles. The maximum absolute atomic E-state index is 10.2. The van der Waals surface area contributed by atoms with E-state index in [2.05, 4.69) is 193 Å². The molecule has 0 atom stereocenters. The van der Waals surface area contributed by atoms with Crippen molar-refractivity contribution in [3.63, 3.8) is 0 Å². The van der Waals surface area contributed by atoms with E-state index in [0.717, 1.165) is 17.0 Å². The quantitative estimate of drug-likeness (QED) is 0.142. The summed E-state index contributed by atoms with van der Waals surface area (Å²) in [5, 5.41) is 30.6. The van der Waals surface area contributed by atoms with Crippen molar-refractivity contribution in [3.8, 4) is 15.8 Å². The van der Waals surface area contributed by atoms with Gasteiger partial charge in [-0.25, -0.2) is 0 Å². The molecule has 0 spiro atoms. The fourth-order valence-electron chi connectivity index (χ4n) is 6.96. The zero-order chi connectivity index (χ0) is 43.9. The van der Waals surface area contributed by atoms with Crippen LogP contribution in [-0.2, 0) is 25.0 Å². The Morgan fingerprint density at radius 2 is 0.571 bits per heavy atom. The first-order valence-corrected chi connectivity index (χ1v) is 27.2. The Labute approximate surface area is 387 Å². The first kappa shape index (κ1) is 46.8. The zero-order valence-electron chi connectivity index (χ0n) is 35.3. The van der Waals surface area contributed by atoms with Crippen LogP contribution >= 0.6 is 23.8 Å². The van der Waals surface area contributed by atoms with Crippen molar-refractivity contribution < 1.29 is 28.8 Å². The second-order valence-electron chi connectivity index (χ2n) is 14.4. The van der Waals surface area contributed by atoms with E-state index in [4.69, 9.17) is 0 Å². The Balaban J connectivity index is 0.000000145. The number of para-hydroxylation sites is 2. The van der Waals surface area contributed by atoms with E-state index in [-0.39, 0.29) is 0 Å². The predicted octanol–water partition coefficient (Wildman–Crippen LogP) is 9.98. The normalized spacial score (nSPS) is 10.3. The summed E-state index contributed by atoms with van der Waals surface area (Å²) < 4.78 is 3.14. The van der Waals surface area contributed by atoms with Crippen molar-refractivity contribution in [2.24, 2.45) is 0 Å². The topological polar surface area (TPSA) is 40.5 Å². The third-order valence-corrected chi connectivity index (χ3v) is 18.6. The molecule has 0 radical (unpaired) electrons. The Bertz CT molecular complexity index is 2440. The molecule has 6 heteroatoms. The van der Waals surface area contributed by atoms with Gasteiger partial charge >= 0.3 is 65.2 Å². The third kappa shape index (κ3) is 14.4. The number of benzene rings is 9. The van der Waals surface area contributed by atoms with Crippen LogP contribution in [0, 0.1) is 4.29 Å². The molecule has 2 N–H and O–H groups in total. The van der Waals surface area contributed by atoms with Crippen LogP contribution in [0.25, 0.3) is 0 Å². The van der Waals surface area contributed by atoms with Crippen LogP contribution < -0.4 is 42.4 Å². The number of phenols is 2.